The summed E-state index contributed by atoms with van der Waals surface area (Å²) in [7, 11) is 0. The molecular weight excluding hydrogens is 526 g/mol. The second-order valence-corrected chi connectivity index (χ2v) is 10.9. The average Bonchev–Trinajstić information content (AvgIpc) is 3.29. The Morgan fingerprint density at radius 3 is 2.10 bits per heavy atom. The summed E-state index contributed by atoms with van der Waals surface area (Å²) in [5.41, 5.74) is 1.85. The third-order valence-corrected chi connectivity index (χ3v) is 8.05. The molecule has 3 amide bonds. The first-order valence-electron chi connectivity index (χ1n) is 13.9. The molecule has 0 aromatic heterocycles. The van der Waals surface area contributed by atoms with Gasteiger partial charge in [0.25, 0.3) is 11.8 Å². The SMILES string of the molecule is O=C(Nc1ccc(C(=O)N2C[C@H]3CCN(C(=O)CCCOc4ccc(Cl)cc4)CC[C@H]3C2)cc1)c1ccccc1. The number of benzene rings is 3. The molecule has 0 bridgehead atoms. The Kier molecular flexibility index (Phi) is 9.01. The molecule has 8 heteroatoms. The number of carbonyl (C=O) groups excluding carboxylic acids is 3. The van der Waals surface area contributed by atoms with Gasteiger partial charge in [0.2, 0.25) is 5.91 Å². The van der Waals surface area contributed by atoms with Gasteiger partial charge >= 0.3 is 0 Å². The largest absolute Gasteiger partial charge is 0.494 e. The van der Waals surface area contributed by atoms with E-state index in [9.17, 15) is 14.4 Å². The van der Waals surface area contributed by atoms with E-state index >= 15 is 0 Å². The van der Waals surface area contributed by atoms with Gasteiger partial charge in [-0.1, -0.05) is 29.8 Å². The highest BCUT2D eigenvalue weighted by molar-refractivity contribution is 6.30. The van der Waals surface area contributed by atoms with Gasteiger partial charge in [-0.2, -0.15) is 0 Å². The van der Waals surface area contributed by atoms with E-state index in [1.54, 1.807) is 48.5 Å². The second-order valence-electron chi connectivity index (χ2n) is 10.5. The zero-order valence-electron chi connectivity index (χ0n) is 22.4. The molecule has 2 aliphatic rings. The summed E-state index contributed by atoms with van der Waals surface area (Å²) in [5, 5.41) is 3.54. The van der Waals surface area contributed by atoms with Gasteiger partial charge in [-0.25, -0.2) is 0 Å². The van der Waals surface area contributed by atoms with Crippen molar-refractivity contribution in [3.05, 3.63) is 95.0 Å². The molecular formula is C32H34ClN3O4. The molecule has 1 N–H and O–H groups in total. The topological polar surface area (TPSA) is 79.0 Å². The van der Waals surface area contributed by atoms with E-state index in [-0.39, 0.29) is 17.7 Å². The number of ether oxygens (including phenoxy) is 1. The number of hydrogen-bond acceptors (Lipinski definition) is 4. The van der Waals surface area contributed by atoms with E-state index in [2.05, 4.69) is 5.32 Å². The van der Waals surface area contributed by atoms with Crippen molar-refractivity contribution < 1.29 is 19.1 Å². The zero-order valence-corrected chi connectivity index (χ0v) is 23.2. The van der Waals surface area contributed by atoms with E-state index < -0.39 is 0 Å². The molecule has 7 nitrogen and oxygen atoms in total. The third kappa shape index (κ3) is 7.02. The molecule has 0 radical (unpaired) electrons. The molecule has 208 valence electrons. The highest BCUT2D eigenvalue weighted by atomic mass is 35.5. The summed E-state index contributed by atoms with van der Waals surface area (Å²) in [6.45, 7) is 3.38. The zero-order chi connectivity index (χ0) is 27.9. The van der Waals surface area contributed by atoms with Crippen LogP contribution in [-0.4, -0.2) is 60.3 Å². The minimum Gasteiger partial charge on any atom is -0.494 e. The minimum atomic E-state index is -0.182. The number of amides is 3. The van der Waals surface area contributed by atoms with Gasteiger partial charge in [-0.15, -0.1) is 0 Å². The third-order valence-electron chi connectivity index (χ3n) is 7.80. The summed E-state index contributed by atoms with van der Waals surface area (Å²) in [4.78, 5) is 42.4. The lowest BCUT2D eigenvalue weighted by Crippen LogP contribution is -2.34. The lowest BCUT2D eigenvalue weighted by Gasteiger charge is -2.22. The van der Waals surface area contributed by atoms with Crippen LogP contribution in [0.4, 0.5) is 5.69 Å². The number of anilines is 1. The first-order chi connectivity index (χ1) is 19.5. The fourth-order valence-electron chi connectivity index (χ4n) is 5.54. The summed E-state index contributed by atoms with van der Waals surface area (Å²) in [5.74, 6) is 1.57. The predicted molar refractivity (Wildman–Crippen MR) is 156 cm³/mol. The van der Waals surface area contributed by atoms with Crippen LogP contribution in [-0.2, 0) is 4.79 Å². The minimum absolute atomic E-state index is 0.0163. The number of nitrogens with one attached hydrogen (secondary N) is 1. The highest BCUT2D eigenvalue weighted by Gasteiger charge is 2.37. The molecule has 2 saturated heterocycles. The number of nitrogens with zero attached hydrogens (tertiary/aromatic N) is 2. The van der Waals surface area contributed by atoms with Crippen molar-refractivity contribution in [2.45, 2.75) is 25.7 Å². The Hall–Kier alpha value is -3.84. The van der Waals surface area contributed by atoms with Gasteiger partial charge in [0.15, 0.2) is 0 Å². The van der Waals surface area contributed by atoms with E-state index in [4.69, 9.17) is 16.3 Å². The molecule has 5 rings (SSSR count). The monoisotopic (exact) mass is 559 g/mol. The van der Waals surface area contributed by atoms with Crippen LogP contribution >= 0.6 is 11.6 Å². The molecule has 2 heterocycles. The van der Waals surface area contributed by atoms with Crippen molar-refractivity contribution in [1.82, 2.24) is 9.80 Å². The molecule has 0 spiro atoms. The first kappa shape index (κ1) is 27.7. The van der Waals surface area contributed by atoms with Crippen LogP contribution in [0.15, 0.2) is 78.9 Å². The van der Waals surface area contributed by atoms with Crippen LogP contribution < -0.4 is 10.1 Å². The Balaban J connectivity index is 1.06. The van der Waals surface area contributed by atoms with Gasteiger partial charge in [0, 0.05) is 54.4 Å². The van der Waals surface area contributed by atoms with Gasteiger partial charge in [0.05, 0.1) is 6.61 Å². The van der Waals surface area contributed by atoms with Crippen LogP contribution in [0.3, 0.4) is 0 Å². The lowest BCUT2D eigenvalue weighted by atomic mass is 9.92. The van der Waals surface area contributed by atoms with Crippen molar-refractivity contribution in [2.24, 2.45) is 11.8 Å². The van der Waals surface area contributed by atoms with Crippen molar-refractivity contribution in [3.63, 3.8) is 0 Å². The standard InChI is InChI=1S/C32H34ClN3O4/c33-27-10-14-29(15-11-27)40-20-4-7-30(37)35-18-16-25-21-36(22-26(25)17-19-35)32(39)24-8-12-28(13-9-24)34-31(38)23-5-2-1-3-6-23/h1-3,5-6,8-15,25-26H,4,7,16-22H2,(H,34,38)/t25-,26+. The number of hydrogen-bond donors (Lipinski definition) is 1. The molecule has 2 atom stereocenters. The normalized spacial score (nSPS) is 18.5. The Labute approximate surface area is 240 Å². The van der Waals surface area contributed by atoms with Crippen LogP contribution in [0.25, 0.3) is 0 Å². The molecule has 40 heavy (non-hydrogen) atoms. The number of rotatable bonds is 8. The van der Waals surface area contributed by atoms with Crippen molar-refractivity contribution in [3.8, 4) is 5.75 Å². The lowest BCUT2D eigenvalue weighted by molar-refractivity contribution is -0.131. The van der Waals surface area contributed by atoms with Crippen LogP contribution in [0.1, 0.15) is 46.4 Å². The summed E-state index contributed by atoms with van der Waals surface area (Å²) in [6.07, 6.45) is 2.95. The quantitative estimate of drug-likeness (QED) is 0.356. The number of likely N-dealkylation sites (tertiary alicyclic amines) is 2. The Bertz CT molecular complexity index is 1300. The molecule has 0 unspecified atom stereocenters. The first-order valence-corrected chi connectivity index (χ1v) is 14.3. The molecule has 0 saturated carbocycles. The Morgan fingerprint density at radius 2 is 1.45 bits per heavy atom. The van der Waals surface area contributed by atoms with E-state index in [0.717, 1.165) is 31.7 Å². The number of halogens is 1. The Morgan fingerprint density at radius 1 is 0.800 bits per heavy atom. The van der Waals surface area contributed by atoms with Gasteiger partial charge in [-0.05, 0) is 91.8 Å². The second kappa shape index (κ2) is 13.0. The van der Waals surface area contributed by atoms with Crippen molar-refractivity contribution >= 4 is 35.0 Å². The van der Waals surface area contributed by atoms with E-state index in [0.29, 0.717) is 66.2 Å². The van der Waals surface area contributed by atoms with Crippen LogP contribution in [0.5, 0.6) is 5.75 Å². The van der Waals surface area contributed by atoms with Gasteiger partial charge < -0.3 is 19.9 Å². The predicted octanol–water partition coefficient (Wildman–Crippen LogP) is 5.76. The smallest absolute Gasteiger partial charge is 0.255 e. The molecule has 0 aliphatic carbocycles. The number of carbonyl (C=O) groups is 3. The molecule has 2 fully saturated rings. The van der Waals surface area contributed by atoms with Crippen LogP contribution in [0, 0.1) is 11.8 Å². The van der Waals surface area contributed by atoms with Gasteiger partial charge in [-0.3, -0.25) is 14.4 Å². The molecule has 2 aliphatic heterocycles. The van der Waals surface area contributed by atoms with E-state index in [1.165, 1.54) is 0 Å². The average molecular weight is 560 g/mol. The molecule has 3 aromatic carbocycles. The highest BCUT2D eigenvalue weighted by Crippen LogP contribution is 2.33. The maximum atomic E-state index is 13.2. The fourth-order valence-corrected chi connectivity index (χ4v) is 5.66. The maximum absolute atomic E-state index is 13.2. The van der Waals surface area contributed by atoms with E-state index in [1.807, 2.05) is 40.1 Å². The van der Waals surface area contributed by atoms with Crippen LogP contribution in [0.2, 0.25) is 5.02 Å². The number of fused-ring (bicyclic) bond motifs is 1. The molecule has 3 aromatic rings. The maximum Gasteiger partial charge on any atom is 0.255 e. The summed E-state index contributed by atoms with van der Waals surface area (Å²) < 4.78 is 5.71. The van der Waals surface area contributed by atoms with Crippen molar-refractivity contribution in [2.75, 3.05) is 38.1 Å². The fraction of sp³-hybridized carbons (Fsp3) is 0.344. The van der Waals surface area contributed by atoms with Crippen molar-refractivity contribution in [1.29, 1.82) is 0 Å². The van der Waals surface area contributed by atoms with Gasteiger partial charge in [0.1, 0.15) is 5.75 Å². The summed E-state index contributed by atoms with van der Waals surface area (Å²) >= 11 is 5.90. The summed E-state index contributed by atoms with van der Waals surface area (Å²) in [6, 6.07) is 23.3.